The third-order valence-corrected chi connectivity index (χ3v) is 8.74. The van der Waals surface area contributed by atoms with E-state index < -0.39 is 15.7 Å². The molecule has 2 aromatic carbocycles. The van der Waals surface area contributed by atoms with Gasteiger partial charge in [0.1, 0.15) is 4.90 Å². The number of benzene rings is 2. The SMILES string of the molecule is Br.COc1cc(N=C2SCC(O)(c3ccc(Cl)c(S(=O)(=O)N(C)C)c3)N2C)cc(OC)c1OC. The Kier molecular flexibility index (Phi) is 9.16. The van der Waals surface area contributed by atoms with Gasteiger partial charge in [-0.2, -0.15) is 0 Å². The molecule has 34 heavy (non-hydrogen) atoms. The van der Waals surface area contributed by atoms with Gasteiger partial charge in [0.25, 0.3) is 0 Å². The van der Waals surface area contributed by atoms with Crippen molar-refractivity contribution in [1.29, 1.82) is 0 Å². The minimum atomic E-state index is -3.79. The molecule has 1 fully saturated rings. The van der Waals surface area contributed by atoms with Gasteiger partial charge in [0.15, 0.2) is 22.4 Å². The summed E-state index contributed by atoms with van der Waals surface area (Å²) >= 11 is 7.50. The van der Waals surface area contributed by atoms with Gasteiger partial charge in [-0.1, -0.05) is 29.4 Å². The number of nitrogens with zero attached hydrogens (tertiary/aromatic N) is 3. The molecular formula is C21H27BrClN3O6S2. The molecule has 13 heteroatoms. The molecule has 0 aliphatic carbocycles. The molecular weight excluding hydrogens is 570 g/mol. The van der Waals surface area contributed by atoms with Crippen LogP contribution >= 0.6 is 40.3 Å². The van der Waals surface area contributed by atoms with Crippen LogP contribution in [-0.2, 0) is 15.7 Å². The Morgan fingerprint density at radius 1 is 1.12 bits per heavy atom. The fourth-order valence-corrected chi connectivity index (χ4v) is 5.89. The molecule has 1 saturated heterocycles. The number of halogens is 2. The maximum atomic E-state index is 12.7. The first-order chi connectivity index (χ1) is 15.5. The van der Waals surface area contributed by atoms with Gasteiger partial charge in [0.05, 0.1) is 37.8 Å². The molecule has 1 unspecified atom stereocenters. The lowest BCUT2D eigenvalue weighted by atomic mass is 10.0. The average molecular weight is 597 g/mol. The van der Waals surface area contributed by atoms with Gasteiger partial charge in [0, 0.05) is 38.8 Å². The number of amidine groups is 1. The van der Waals surface area contributed by atoms with Gasteiger partial charge >= 0.3 is 0 Å². The lowest BCUT2D eigenvalue weighted by Gasteiger charge is -2.31. The molecule has 9 nitrogen and oxygen atoms in total. The van der Waals surface area contributed by atoms with Crippen LogP contribution < -0.4 is 14.2 Å². The summed E-state index contributed by atoms with van der Waals surface area (Å²) in [5.74, 6) is 1.58. The Labute approximate surface area is 219 Å². The van der Waals surface area contributed by atoms with Crippen molar-refractivity contribution in [3.8, 4) is 17.2 Å². The number of sulfonamides is 1. The molecule has 188 valence electrons. The summed E-state index contributed by atoms with van der Waals surface area (Å²) in [6.07, 6.45) is 0. The summed E-state index contributed by atoms with van der Waals surface area (Å²) in [6, 6.07) is 7.88. The Hall–Kier alpha value is -1.70. The van der Waals surface area contributed by atoms with E-state index >= 15 is 0 Å². The molecule has 0 saturated carbocycles. The zero-order valence-electron chi connectivity index (χ0n) is 19.5. The minimum Gasteiger partial charge on any atom is -0.493 e. The number of hydrogen-bond acceptors (Lipinski definition) is 8. The number of rotatable bonds is 7. The van der Waals surface area contributed by atoms with Crippen LogP contribution in [0.15, 0.2) is 40.2 Å². The van der Waals surface area contributed by atoms with Crippen LogP contribution in [0, 0.1) is 0 Å². The fourth-order valence-electron chi connectivity index (χ4n) is 3.29. The summed E-state index contributed by atoms with van der Waals surface area (Å²) in [6.45, 7) is 0. The fraction of sp³-hybridized carbons (Fsp3) is 0.381. The summed E-state index contributed by atoms with van der Waals surface area (Å²) in [7, 11) is 5.29. The highest BCUT2D eigenvalue weighted by Crippen LogP contribution is 2.44. The van der Waals surface area contributed by atoms with Crippen molar-refractivity contribution in [3.05, 3.63) is 40.9 Å². The van der Waals surface area contributed by atoms with Crippen molar-refractivity contribution in [2.45, 2.75) is 10.6 Å². The Bertz CT molecular complexity index is 1170. The second-order valence-electron chi connectivity index (χ2n) is 7.37. The smallest absolute Gasteiger partial charge is 0.244 e. The molecule has 1 aliphatic heterocycles. The van der Waals surface area contributed by atoms with Gasteiger partial charge in [-0.25, -0.2) is 17.7 Å². The van der Waals surface area contributed by atoms with Crippen LogP contribution in [0.3, 0.4) is 0 Å². The molecule has 1 N–H and O–H groups in total. The minimum absolute atomic E-state index is 0. The lowest BCUT2D eigenvalue weighted by Crippen LogP contribution is -2.42. The lowest BCUT2D eigenvalue weighted by molar-refractivity contribution is -0.0349. The van der Waals surface area contributed by atoms with Gasteiger partial charge in [-0.15, -0.1) is 17.0 Å². The maximum absolute atomic E-state index is 12.7. The van der Waals surface area contributed by atoms with E-state index in [0.717, 1.165) is 4.31 Å². The van der Waals surface area contributed by atoms with Crippen LogP contribution in [0.25, 0.3) is 0 Å². The number of ether oxygens (including phenoxy) is 3. The molecule has 3 rings (SSSR count). The summed E-state index contributed by atoms with van der Waals surface area (Å²) in [4.78, 5) is 6.17. The molecule has 1 aliphatic rings. The molecule has 1 atom stereocenters. The van der Waals surface area contributed by atoms with Crippen LogP contribution in [-0.4, -0.2) is 76.1 Å². The van der Waals surface area contributed by atoms with Crippen molar-refractivity contribution in [2.24, 2.45) is 4.99 Å². The van der Waals surface area contributed by atoms with Crippen molar-refractivity contribution < 1.29 is 27.7 Å². The van der Waals surface area contributed by atoms with E-state index in [0.29, 0.717) is 33.7 Å². The topological polar surface area (TPSA) is 101 Å². The van der Waals surface area contributed by atoms with Crippen LogP contribution in [0.5, 0.6) is 17.2 Å². The molecule has 0 amide bonds. The predicted octanol–water partition coefficient (Wildman–Crippen LogP) is 3.71. The molecule has 0 bridgehead atoms. The maximum Gasteiger partial charge on any atom is 0.244 e. The third-order valence-electron chi connectivity index (χ3n) is 5.27. The van der Waals surface area contributed by atoms with E-state index in [1.54, 1.807) is 30.1 Å². The number of hydrogen-bond donors (Lipinski definition) is 1. The van der Waals surface area contributed by atoms with Gasteiger partial charge in [-0.05, 0) is 12.1 Å². The van der Waals surface area contributed by atoms with Crippen molar-refractivity contribution in [1.82, 2.24) is 9.21 Å². The number of aliphatic imine (C=N–C) groups is 1. The predicted molar refractivity (Wildman–Crippen MR) is 140 cm³/mol. The Morgan fingerprint density at radius 2 is 1.71 bits per heavy atom. The zero-order chi connectivity index (χ0) is 24.6. The normalized spacial score (nSPS) is 19.3. The highest BCUT2D eigenvalue weighted by atomic mass is 79.9. The van der Waals surface area contributed by atoms with E-state index in [1.807, 2.05) is 0 Å². The first-order valence-electron chi connectivity index (χ1n) is 9.69. The quantitative estimate of drug-likeness (QED) is 0.517. The summed E-state index contributed by atoms with van der Waals surface area (Å²) in [5.41, 5.74) is -0.571. The van der Waals surface area contributed by atoms with Crippen LogP contribution in [0.4, 0.5) is 5.69 Å². The first kappa shape index (κ1) is 28.5. The average Bonchev–Trinajstić information content (AvgIpc) is 3.07. The summed E-state index contributed by atoms with van der Waals surface area (Å²) < 4.78 is 42.5. The highest BCUT2D eigenvalue weighted by molar-refractivity contribution is 8.93. The van der Waals surface area contributed by atoms with Gasteiger partial charge in [-0.3, -0.25) is 0 Å². The van der Waals surface area contributed by atoms with E-state index in [9.17, 15) is 13.5 Å². The summed E-state index contributed by atoms with van der Waals surface area (Å²) in [5, 5.41) is 12.1. The van der Waals surface area contributed by atoms with Crippen molar-refractivity contribution >= 4 is 61.2 Å². The number of aliphatic hydroxyl groups is 1. The van der Waals surface area contributed by atoms with Gasteiger partial charge < -0.3 is 24.2 Å². The van der Waals surface area contributed by atoms with E-state index in [2.05, 4.69) is 4.99 Å². The Morgan fingerprint density at radius 3 is 2.21 bits per heavy atom. The monoisotopic (exact) mass is 595 g/mol. The highest BCUT2D eigenvalue weighted by Gasteiger charge is 2.43. The third kappa shape index (κ3) is 5.12. The van der Waals surface area contributed by atoms with Crippen molar-refractivity contribution in [3.63, 3.8) is 0 Å². The largest absolute Gasteiger partial charge is 0.493 e. The van der Waals surface area contributed by atoms with E-state index in [-0.39, 0.29) is 32.7 Å². The molecule has 0 aromatic heterocycles. The van der Waals surface area contributed by atoms with Crippen molar-refractivity contribution in [2.75, 3.05) is 48.2 Å². The molecule has 1 heterocycles. The molecule has 0 radical (unpaired) electrons. The first-order valence-corrected chi connectivity index (χ1v) is 12.5. The van der Waals surface area contributed by atoms with E-state index in [4.69, 9.17) is 25.8 Å². The zero-order valence-corrected chi connectivity index (χ0v) is 23.6. The Balaban J connectivity index is 0.00000408. The van der Waals surface area contributed by atoms with Crippen LogP contribution in [0.1, 0.15) is 5.56 Å². The van der Waals surface area contributed by atoms with Crippen LogP contribution in [0.2, 0.25) is 5.02 Å². The van der Waals surface area contributed by atoms with E-state index in [1.165, 1.54) is 59.3 Å². The molecule has 0 spiro atoms. The number of methoxy groups -OCH3 is 3. The number of thioether (sulfide) groups is 1. The van der Waals surface area contributed by atoms with Gasteiger partial charge in [0.2, 0.25) is 15.8 Å². The second kappa shape index (κ2) is 10.9. The standard InChI is InChI=1S/C21H26ClN3O6S2.BrH/c1-24(2)33(27,28)18-9-13(7-8-15(18)22)21(26)12-32-20(25(21)3)23-14-10-16(29-4)19(31-6)17(11-14)30-5;/h7-11,26H,12H2,1-6H3;1H. The molecule has 2 aromatic rings. The second-order valence-corrected chi connectivity index (χ2v) is 10.8.